The predicted molar refractivity (Wildman–Crippen MR) is 55.0 cm³/mol. The summed E-state index contributed by atoms with van der Waals surface area (Å²) < 4.78 is 136. The molecule has 0 spiro atoms. The van der Waals surface area contributed by atoms with Gasteiger partial charge in [0.05, 0.1) is 6.61 Å². The van der Waals surface area contributed by atoms with Crippen molar-refractivity contribution in [1.29, 1.82) is 0 Å². The number of halogens is 10. The lowest BCUT2D eigenvalue weighted by molar-refractivity contribution is -0.297. The minimum absolute atomic E-state index is 0.0994. The average Bonchev–Trinajstić information content (AvgIpc) is 3.26. The minimum Gasteiger partial charge on any atom is -0.461 e. The van der Waals surface area contributed by atoms with Gasteiger partial charge in [-0.3, -0.25) is 0 Å². The number of hydrogen-bond donors (Lipinski definition) is 0. The van der Waals surface area contributed by atoms with Crippen LogP contribution in [0.15, 0.2) is 0 Å². The average molecular weight is 389 g/mol. The van der Waals surface area contributed by atoms with E-state index >= 15 is 0 Å². The molecule has 1 aromatic rings. The van der Waals surface area contributed by atoms with Gasteiger partial charge in [-0.05, 0) is 0 Å². The van der Waals surface area contributed by atoms with Crippen LogP contribution in [0.3, 0.4) is 0 Å². The third-order valence-corrected chi connectivity index (χ3v) is 2.69. The first-order valence-electron chi connectivity index (χ1n) is 6.07. The highest BCUT2D eigenvalue weighted by molar-refractivity contribution is 5.12. The molecule has 1 atom stereocenters. The normalized spacial score (nSPS) is 19.0. The number of aromatic nitrogens is 3. The second-order valence-corrected chi connectivity index (χ2v) is 4.68. The molecule has 0 radical (unpaired) electrons. The number of rotatable bonds is 5. The number of epoxide rings is 1. The Balaban J connectivity index is 2.51. The molecule has 1 aliphatic heterocycles. The highest BCUT2D eigenvalue weighted by Crippen LogP contribution is 2.45. The maximum Gasteiger partial charge on any atom is 0.461 e. The van der Waals surface area contributed by atoms with E-state index in [-0.39, 0.29) is 6.61 Å². The number of alkyl halides is 10. The van der Waals surface area contributed by atoms with Gasteiger partial charge in [-0.1, -0.05) is 0 Å². The Morgan fingerprint density at radius 2 is 1.20 bits per heavy atom. The predicted octanol–water partition coefficient (Wildman–Crippen LogP) is 2.96. The van der Waals surface area contributed by atoms with Crippen LogP contribution >= 0.6 is 0 Å². The molecular weight excluding hydrogens is 384 g/mol. The van der Waals surface area contributed by atoms with Crippen LogP contribution in [0.25, 0.3) is 0 Å². The summed E-state index contributed by atoms with van der Waals surface area (Å²) in [4.78, 5) is 6.97. The van der Waals surface area contributed by atoms with Crippen LogP contribution < -0.4 is 4.74 Å². The zero-order chi connectivity index (χ0) is 19.3. The Morgan fingerprint density at radius 3 is 1.52 bits per heavy atom. The lowest BCUT2D eigenvalue weighted by Gasteiger charge is -2.22. The van der Waals surface area contributed by atoms with Gasteiger partial charge < -0.3 is 9.47 Å². The monoisotopic (exact) mass is 389 g/mol. The van der Waals surface area contributed by atoms with Crippen molar-refractivity contribution in [2.75, 3.05) is 13.2 Å². The summed E-state index contributed by atoms with van der Waals surface area (Å²) in [6, 6.07) is -1.55. The third kappa shape index (κ3) is 3.85. The van der Waals surface area contributed by atoms with Crippen molar-refractivity contribution >= 4 is 0 Å². The molecule has 25 heavy (non-hydrogen) atoms. The Morgan fingerprint density at radius 1 is 0.800 bits per heavy atom. The zero-order valence-corrected chi connectivity index (χ0v) is 11.4. The largest absolute Gasteiger partial charge is 0.461 e. The smallest absolute Gasteiger partial charge is 0.461 e. The van der Waals surface area contributed by atoms with Gasteiger partial charge in [0.25, 0.3) is 0 Å². The molecule has 1 unspecified atom stereocenters. The molecule has 0 amide bonds. The molecule has 0 aromatic carbocycles. The maximum atomic E-state index is 13.2. The first-order valence-corrected chi connectivity index (χ1v) is 6.07. The van der Waals surface area contributed by atoms with E-state index in [2.05, 4.69) is 19.4 Å². The van der Waals surface area contributed by atoms with Crippen LogP contribution in [0.2, 0.25) is 0 Å². The van der Waals surface area contributed by atoms with Gasteiger partial charge in [0.2, 0.25) is 11.6 Å². The van der Waals surface area contributed by atoms with Crippen LogP contribution in [0.4, 0.5) is 43.9 Å². The van der Waals surface area contributed by atoms with E-state index in [1.807, 2.05) is 4.98 Å². The van der Waals surface area contributed by atoms with E-state index in [0.717, 1.165) is 0 Å². The van der Waals surface area contributed by atoms with E-state index in [0.29, 0.717) is 0 Å². The first kappa shape index (κ1) is 19.4. The van der Waals surface area contributed by atoms with Gasteiger partial charge in [-0.2, -0.15) is 53.9 Å². The minimum atomic E-state index is -6.35. The fourth-order valence-electron chi connectivity index (χ4n) is 1.29. The van der Waals surface area contributed by atoms with Gasteiger partial charge >= 0.3 is 30.2 Å². The van der Waals surface area contributed by atoms with E-state index in [4.69, 9.17) is 0 Å². The summed E-state index contributed by atoms with van der Waals surface area (Å²) in [7, 11) is 0. The van der Waals surface area contributed by atoms with Crippen molar-refractivity contribution in [3.8, 4) is 6.01 Å². The van der Waals surface area contributed by atoms with Gasteiger partial charge in [-0.15, -0.1) is 0 Å². The second kappa shape index (κ2) is 5.81. The maximum absolute atomic E-state index is 13.2. The Kier molecular flexibility index (Phi) is 4.51. The summed E-state index contributed by atoms with van der Waals surface area (Å²) >= 11 is 0. The summed E-state index contributed by atoms with van der Waals surface area (Å²) in [5, 5.41) is 0. The van der Waals surface area contributed by atoms with E-state index in [1.54, 1.807) is 0 Å². The van der Waals surface area contributed by atoms with Gasteiger partial charge in [0, 0.05) is 0 Å². The van der Waals surface area contributed by atoms with E-state index in [9.17, 15) is 43.9 Å². The molecule has 0 saturated carbocycles. The number of nitrogens with zero attached hydrogens (tertiary/aromatic N) is 3. The molecule has 1 aliphatic rings. The molecule has 0 bridgehead atoms. The Bertz CT molecular complexity index is 597. The van der Waals surface area contributed by atoms with Gasteiger partial charge in [0.1, 0.15) is 12.7 Å². The van der Waals surface area contributed by atoms with Gasteiger partial charge in [-0.25, -0.2) is 4.98 Å². The van der Waals surface area contributed by atoms with Crippen molar-refractivity contribution in [2.24, 2.45) is 0 Å². The molecule has 0 N–H and O–H groups in total. The fraction of sp³-hybridized carbons (Fsp3) is 0.700. The Labute approximate surface area is 131 Å². The molecule has 142 valence electrons. The third-order valence-electron chi connectivity index (χ3n) is 2.69. The van der Waals surface area contributed by atoms with Gasteiger partial charge in [0.15, 0.2) is 0 Å². The number of hydrogen-bond acceptors (Lipinski definition) is 5. The van der Waals surface area contributed by atoms with Crippen LogP contribution in [-0.2, 0) is 16.6 Å². The van der Waals surface area contributed by atoms with E-state index in [1.165, 1.54) is 0 Å². The van der Waals surface area contributed by atoms with Crippen molar-refractivity contribution in [2.45, 2.75) is 30.3 Å². The molecule has 1 saturated heterocycles. The van der Waals surface area contributed by atoms with Crippen LogP contribution in [0.1, 0.15) is 11.6 Å². The molecule has 1 fully saturated rings. The quantitative estimate of drug-likeness (QED) is 0.573. The van der Waals surface area contributed by atoms with Crippen LogP contribution in [-0.4, -0.2) is 46.6 Å². The highest BCUT2D eigenvalue weighted by Gasteiger charge is 2.64. The topological polar surface area (TPSA) is 60.4 Å². The van der Waals surface area contributed by atoms with Crippen LogP contribution in [0.5, 0.6) is 6.01 Å². The molecular formula is C10H5F10N3O2. The molecule has 15 heteroatoms. The zero-order valence-electron chi connectivity index (χ0n) is 11.4. The van der Waals surface area contributed by atoms with E-state index < -0.39 is 54.6 Å². The van der Waals surface area contributed by atoms with Crippen molar-refractivity contribution in [1.82, 2.24) is 15.0 Å². The second-order valence-electron chi connectivity index (χ2n) is 4.68. The summed E-state index contributed by atoms with van der Waals surface area (Å²) in [5.41, 5.74) is 0. The molecule has 5 nitrogen and oxygen atoms in total. The summed E-state index contributed by atoms with van der Waals surface area (Å²) in [6.07, 6.45) is -13.3. The van der Waals surface area contributed by atoms with Crippen LogP contribution in [0, 0.1) is 0 Å². The van der Waals surface area contributed by atoms with Crippen molar-refractivity contribution < 1.29 is 53.4 Å². The standard InChI is InChI=1S/C10H5F10N3O2/c11-7(12,9(15,16)17)4-21-5(8(13,14)10(18,19)20)23-6(22-4)25-2-3-1-24-3/h3H,1-2H2. The molecule has 2 rings (SSSR count). The van der Waals surface area contributed by atoms with Crippen molar-refractivity contribution in [3.63, 3.8) is 0 Å². The lowest BCUT2D eigenvalue weighted by Crippen LogP contribution is -2.39. The highest BCUT2D eigenvalue weighted by atomic mass is 19.4. The number of ether oxygens (including phenoxy) is 2. The summed E-state index contributed by atoms with van der Waals surface area (Å²) in [5.74, 6) is -17.1. The fourth-order valence-corrected chi connectivity index (χ4v) is 1.29. The molecule has 1 aromatic heterocycles. The first-order chi connectivity index (χ1) is 11.2. The molecule has 0 aliphatic carbocycles. The molecule has 2 heterocycles. The SMILES string of the molecule is FC(F)(F)C(F)(F)c1nc(OCC2CO2)nc(C(F)(F)C(F)(F)F)n1. The van der Waals surface area contributed by atoms with Crippen molar-refractivity contribution in [3.05, 3.63) is 11.6 Å². The summed E-state index contributed by atoms with van der Waals surface area (Å²) in [6.45, 7) is -0.458. The lowest BCUT2D eigenvalue weighted by atomic mass is 10.2. The Hall–Kier alpha value is -1.93.